The van der Waals surface area contributed by atoms with Crippen LogP contribution in [0.15, 0.2) is 28.6 Å². The first-order chi connectivity index (χ1) is 12.5. The molecule has 0 aliphatic rings. The van der Waals surface area contributed by atoms with Crippen LogP contribution in [0.5, 0.6) is 0 Å². The third kappa shape index (κ3) is 6.53. The minimum atomic E-state index is -0.110. The highest BCUT2D eigenvalue weighted by Gasteiger charge is 2.13. The molecule has 5 nitrogen and oxygen atoms in total. The van der Waals surface area contributed by atoms with Crippen LogP contribution in [0.4, 0.5) is 5.13 Å². The summed E-state index contributed by atoms with van der Waals surface area (Å²) in [5, 5.41) is 11.1. The lowest BCUT2D eigenvalue weighted by atomic mass is 10.0. The molecule has 0 bridgehead atoms. The maximum Gasteiger partial charge on any atom is 0.228 e. The largest absolute Gasteiger partial charge is 0.300 e. The van der Waals surface area contributed by atoms with Gasteiger partial charge in [-0.05, 0) is 18.4 Å². The minimum Gasteiger partial charge on any atom is -0.300 e. The van der Waals surface area contributed by atoms with E-state index < -0.39 is 0 Å². The summed E-state index contributed by atoms with van der Waals surface area (Å²) >= 11 is 2.63. The van der Waals surface area contributed by atoms with Gasteiger partial charge in [-0.3, -0.25) is 9.59 Å². The fourth-order valence-corrected chi connectivity index (χ4v) is 3.86. The van der Waals surface area contributed by atoms with E-state index in [4.69, 9.17) is 0 Å². The molecule has 1 heterocycles. The molecular formula is C19H25N3O2S2. The highest BCUT2D eigenvalue weighted by atomic mass is 32.2. The van der Waals surface area contributed by atoms with Crippen molar-refractivity contribution in [1.29, 1.82) is 0 Å². The Labute approximate surface area is 163 Å². The van der Waals surface area contributed by atoms with Gasteiger partial charge >= 0.3 is 0 Å². The van der Waals surface area contributed by atoms with E-state index in [-0.39, 0.29) is 17.6 Å². The lowest BCUT2D eigenvalue weighted by molar-refractivity contribution is -0.118. The van der Waals surface area contributed by atoms with Gasteiger partial charge in [0.15, 0.2) is 10.1 Å². The minimum absolute atomic E-state index is 0.0677. The van der Waals surface area contributed by atoms with E-state index in [1.54, 1.807) is 0 Å². The van der Waals surface area contributed by atoms with Crippen LogP contribution in [0, 0.1) is 5.92 Å². The molecule has 0 unspecified atom stereocenters. The Hall–Kier alpha value is -1.73. The van der Waals surface area contributed by atoms with Gasteiger partial charge in [0.1, 0.15) is 0 Å². The van der Waals surface area contributed by atoms with Crippen LogP contribution in [-0.4, -0.2) is 27.6 Å². The highest BCUT2D eigenvalue weighted by molar-refractivity contribution is 8.01. The van der Waals surface area contributed by atoms with Crippen molar-refractivity contribution in [3.63, 3.8) is 0 Å². The molecule has 0 fully saturated rings. The first kappa shape index (κ1) is 20.6. The predicted molar refractivity (Wildman–Crippen MR) is 108 cm³/mol. The summed E-state index contributed by atoms with van der Waals surface area (Å²) < 4.78 is 0.675. The summed E-state index contributed by atoms with van der Waals surface area (Å²) in [7, 11) is 0. The number of rotatable bonds is 10. The Kier molecular flexibility index (Phi) is 8.25. The number of aromatic nitrogens is 2. The average Bonchev–Trinajstić information content (AvgIpc) is 3.07. The highest BCUT2D eigenvalue weighted by Crippen LogP contribution is 2.26. The zero-order valence-electron chi connectivity index (χ0n) is 15.4. The number of anilines is 1. The van der Waals surface area contributed by atoms with E-state index in [2.05, 4.69) is 22.4 Å². The van der Waals surface area contributed by atoms with E-state index in [0.29, 0.717) is 15.2 Å². The van der Waals surface area contributed by atoms with Crippen molar-refractivity contribution in [2.45, 2.75) is 50.8 Å². The maximum atomic E-state index is 12.3. The zero-order valence-corrected chi connectivity index (χ0v) is 17.1. The van der Waals surface area contributed by atoms with E-state index in [9.17, 15) is 9.59 Å². The van der Waals surface area contributed by atoms with Crippen LogP contribution in [0.3, 0.4) is 0 Å². The number of carbonyl (C=O) groups excluding carboxylic acids is 2. The SMILES string of the molecule is CCCCCc1ccc(C(=O)CSc2nnc(NC(=O)C(C)C)s2)cc1. The number of ketones is 1. The smallest absolute Gasteiger partial charge is 0.228 e. The molecule has 1 N–H and O–H groups in total. The second-order valence-electron chi connectivity index (χ2n) is 6.38. The van der Waals surface area contributed by atoms with E-state index >= 15 is 0 Å². The number of thioether (sulfide) groups is 1. The summed E-state index contributed by atoms with van der Waals surface area (Å²) in [5.41, 5.74) is 1.99. The van der Waals surface area contributed by atoms with Crippen molar-refractivity contribution in [2.24, 2.45) is 5.92 Å². The number of hydrogen-bond donors (Lipinski definition) is 1. The Balaban J connectivity index is 1.83. The van der Waals surface area contributed by atoms with E-state index in [1.165, 1.54) is 47.9 Å². The molecule has 2 rings (SSSR count). The fourth-order valence-electron chi connectivity index (χ4n) is 2.22. The van der Waals surface area contributed by atoms with Gasteiger partial charge in [0, 0.05) is 11.5 Å². The molecule has 140 valence electrons. The molecule has 0 radical (unpaired) electrons. The van der Waals surface area contributed by atoms with Crippen LogP contribution in [-0.2, 0) is 11.2 Å². The molecule has 26 heavy (non-hydrogen) atoms. The van der Waals surface area contributed by atoms with Crippen LogP contribution in [0.25, 0.3) is 0 Å². The van der Waals surface area contributed by atoms with E-state index in [0.717, 1.165) is 12.0 Å². The number of Topliss-reactive ketones (excluding diaryl/α,β-unsaturated/α-hetero) is 1. The van der Waals surface area contributed by atoms with Crippen molar-refractivity contribution in [3.8, 4) is 0 Å². The van der Waals surface area contributed by atoms with Gasteiger partial charge in [-0.15, -0.1) is 10.2 Å². The van der Waals surface area contributed by atoms with Crippen molar-refractivity contribution in [2.75, 3.05) is 11.1 Å². The summed E-state index contributed by atoms with van der Waals surface area (Å²) in [5.74, 6) is 0.175. The van der Waals surface area contributed by atoms with Crippen molar-refractivity contribution in [3.05, 3.63) is 35.4 Å². The summed E-state index contributed by atoms with van der Waals surface area (Å²) in [6.07, 6.45) is 4.69. The Morgan fingerprint density at radius 2 is 1.88 bits per heavy atom. The first-order valence-corrected chi connectivity index (χ1v) is 10.7. The van der Waals surface area contributed by atoms with Gasteiger partial charge in [0.05, 0.1) is 5.75 Å². The zero-order chi connectivity index (χ0) is 18.9. The van der Waals surface area contributed by atoms with Gasteiger partial charge in [-0.25, -0.2) is 0 Å². The van der Waals surface area contributed by atoms with Gasteiger partial charge in [0.25, 0.3) is 0 Å². The predicted octanol–water partition coefficient (Wildman–Crippen LogP) is 4.84. The van der Waals surface area contributed by atoms with Gasteiger partial charge < -0.3 is 5.32 Å². The fraction of sp³-hybridized carbons (Fsp3) is 0.474. The molecule has 0 aliphatic carbocycles. The lowest BCUT2D eigenvalue weighted by Crippen LogP contribution is -2.17. The quantitative estimate of drug-likeness (QED) is 0.271. The first-order valence-electron chi connectivity index (χ1n) is 8.89. The molecular weight excluding hydrogens is 366 g/mol. The summed E-state index contributed by atoms with van der Waals surface area (Å²) in [6, 6.07) is 7.88. The molecule has 1 aromatic heterocycles. The summed E-state index contributed by atoms with van der Waals surface area (Å²) in [6.45, 7) is 5.83. The molecule has 0 aliphatic heterocycles. The monoisotopic (exact) mass is 391 g/mol. The van der Waals surface area contributed by atoms with Crippen LogP contribution in [0.2, 0.25) is 0 Å². The molecule has 0 saturated heterocycles. The molecule has 7 heteroatoms. The van der Waals surface area contributed by atoms with Crippen molar-refractivity contribution < 1.29 is 9.59 Å². The van der Waals surface area contributed by atoms with Crippen LogP contribution >= 0.6 is 23.1 Å². The molecule has 1 amide bonds. The topological polar surface area (TPSA) is 72.0 Å². The number of nitrogens with one attached hydrogen (secondary N) is 1. The number of amides is 1. The molecule has 0 atom stereocenters. The van der Waals surface area contributed by atoms with Crippen LogP contribution < -0.4 is 5.32 Å². The molecule has 2 aromatic rings. The standard InChI is InChI=1S/C19H25N3O2S2/c1-4-5-6-7-14-8-10-15(11-9-14)16(23)12-25-19-22-21-18(26-19)20-17(24)13(2)3/h8-11,13H,4-7,12H2,1-3H3,(H,20,21,24). The lowest BCUT2D eigenvalue weighted by Gasteiger charge is -2.03. The number of aryl methyl sites for hydroxylation is 1. The average molecular weight is 392 g/mol. The Morgan fingerprint density at radius 3 is 2.54 bits per heavy atom. The van der Waals surface area contributed by atoms with Crippen LogP contribution in [0.1, 0.15) is 56.0 Å². The van der Waals surface area contributed by atoms with Gasteiger partial charge in [0.2, 0.25) is 11.0 Å². The summed E-state index contributed by atoms with van der Waals surface area (Å²) in [4.78, 5) is 24.0. The van der Waals surface area contributed by atoms with Crippen molar-refractivity contribution in [1.82, 2.24) is 10.2 Å². The number of hydrogen-bond acceptors (Lipinski definition) is 6. The van der Waals surface area contributed by atoms with E-state index in [1.807, 2.05) is 38.1 Å². The second kappa shape index (κ2) is 10.4. The number of nitrogens with zero attached hydrogens (tertiary/aromatic N) is 2. The van der Waals surface area contributed by atoms with Gasteiger partial charge in [-0.1, -0.05) is 81.0 Å². The number of unbranched alkanes of at least 4 members (excludes halogenated alkanes) is 2. The van der Waals surface area contributed by atoms with Crippen molar-refractivity contribution >= 4 is 39.9 Å². The number of carbonyl (C=O) groups is 2. The molecule has 0 saturated carbocycles. The Morgan fingerprint density at radius 1 is 1.15 bits per heavy atom. The molecule has 1 aromatic carbocycles. The number of benzene rings is 1. The third-order valence-corrected chi connectivity index (χ3v) is 5.80. The maximum absolute atomic E-state index is 12.3. The Bertz CT molecular complexity index is 727. The second-order valence-corrected chi connectivity index (χ2v) is 8.58. The van der Waals surface area contributed by atoms with Gasteiger partial charge in [-0.2, -0.15) is 0 Å². The molecule has 0 spiro atoms. The third-order valence-electron chi connectivity index (χ3n) is 3.83. The normalized spacial score (nSPS) is 10.9.